The van der Waals surface area contributed by atoms with Crippen LogP contribution in [0.1, 0.15) is 22.9 Å². The van der Waals surface area contributed by atoms with E-state index in [4.69, 9.17) is 14.4 Å². The van der Waals surface area contributed by atoms with Gasteiger partial charge in [-0.2, -0.15) is 0 Å². The van der Waals surface area contributed by atoms with E-state index in [0.717, 1.165) is 56.1 Å². The molecular formula is C45H28N4OS. The standard InChI is InChI=1S/C45H28N4OS/c1-3-13-27(14-4-1)43-46-44(28-15-5-2-6-16-28)48-45(47-43)29-23-25-30(26-24-29)49-34-20-10-7-17-31(34)37-38-32-18-8-11-21-35(32)50-41(38)39-33-19-9-12-22-36(33)51-42(39)40(37)49/h1-26,45H,(H,46,47,48). The number of hydrogen-bond donors (Lipinski definition) is 1. The Morgan fingerprint density at radius 2 is 1.16 bits per heavy atom. The van der Waals surface area contributed by atoms with Crippen molar-refractivity contribution in [2.45, 2.75) is 6.17 Å². The molecule has 51 heavy (non-hydrogen) atoms. The van der Waals surface area contributed by atoms with E-state index in [2.05, 4.69) is 131 Å². The summed E-state index contributed by atoms with van der Waals surface area (Å²) in [6.45, 7) is 0. The third-order valence-electron chi connectivity index (χ3n) is 10.0. The highest BCUT2D eigenvalue weighted by molar-refractivity contribution is 7.27. The lowest BCUT2D eigenvalue weighted by Gasteiger charge is -2.22. The Hall–Kier alpha value is -6.50. The van der Waals surface area contributed by atoms with Crippen molar-refractivity contribution in [3.8, 4) is 5.69 Å². The molecule has 0 saturated carbocycles. The molecule has 0 spiro atoms. The molecule has 5 nitrogen and oxygen atoms in total. The van der Waals surface area contributed by atoms with Crippen LogP contribution in [0.5, 0.6) is 0 Å². The molecule has 11 rings (SSSR count). The van der Waals surface area contributed by atoms with E-state index in [1.807, 2.05) is 47.7 Å². The van der Waals surface area contributed by atoms with Crippen LogP contribution in [0.25, 0.3) is 69.6 Å². The number of fused-ring (bicyclic) bond motifs is 12. The van der Waals surface area contributed by atoms with Gasteiger partial charge in [0.15, 0.2) is 6.17 Å². The molecule has 0 atom stereocenters. The highest BCUT2D eigenvalue weighted by Crippen LogP contribution is 2.50. The average molecular weight is 673 g/mol. The van der Waals surface area contributed by atoms with Gasteiger partial charge in [0.25, 0.3) is 0 Å². The van der Waals surface area contributed by atoms with E-state index < -0.39 is 6.17 Å². The van der Waals surface area contributed by atoms with Crippen LogP contribution in [0.15, 0.2) is 172 Å². The first-order valence-electron chi connectivity index (χ1n) is 17.1. The fourth-order valence-corrected chi connectivity index (χ4v) is 9.01. The molecule has 1 N–H and O–H groups in total. The number of thiophene rings is 1. The predicted octanol–water partition coefficient (Wildman–Crippen LogP) is 11.5. The van der Waals surface area contributed by atoms with Crippen LogP contribution in [0.2, 0.25) is 0 Å². The van der Waals surface area contributed by atoms with Gasteiger partial charge in [0, 0.05) is 53.8 Å². The van der Waals surface area contributed by atoms with Crippen molar-refractivity contribution in [1.82, 2.24) is 9.88 Å². The van der Waals surface area contributed by atoms with Gasteiger partial charge in [0.05, 0.1) is 15.7 Å². The fraction of sp³-hybridized carbons (Fsp3) is 0.0222. The summed E-state index contributed by atoms with van der Waals surface area (Å²) in [5.74, 6) is 1.62. The van der Waals surface area contributed by atoms with Crippen LogP contribution in [0.4, 0.5) is 0 Å². The Labute approximate surface area is 296 Å². The van der Waals surface area contributed by atoms with E-state index in [-0.39, 0.29) is 0 Å². The number of nitrogens with one attached hydrogen (secondary N) is 1. The molecular weight excluding hydrogens is 645 g/mol. The van der Waals surface area contributed by atoms with Gasteiger partial charge in [-0.15, -0.1) is 11.3 Å². The summed E-state index contributed by atoms with van der Waals surface area (Å²) >= 11 is 1.84. The lowest BCUT2D eigenvalue weighted by atomic mass is 10.0. The SMILES string of the molecule is c1ccc(C2=NC(c3ccc(-n4c5ccccc5c5c6c7ccccc7oc6c6c7ccccc7sc6c54)cc3)N=C(c3ccccc3)N2)cc1. The minimum Gasteiger partial charge on any atom is -0.455 e. The molecule has 0 bridgehead atoms. The van der Waals surface area contributed by atoms with E-state index in [1.54, 1.807) is 0 Å². The zero-order valence-corrected chi connectivity index (χ0v) is 28.1. The van der Waals surface area contributed by atoms with Gasteiger partial charge in [-0.05, 0) is 35.9 Å². The van der Waals surface area contributed by atoms with Crippen LogP contribution in [-0.4, -0.2) is 16.2 Å². The maximum atomic E-state index is 6.74. The lowest BCUT2D eigenvalue weighted by Crippen LogP contribution is -2.35. The minimum atomic E-state index is -0.393. The Morgan fingerprint density at radius 3 is 1.88 bits per heavy atom. The van der Waals surface area contributed by atoms with Crippen molar-refractivity contribution < 1.29 is 4.42 Å². The van der Waals surface area contributed by atoms with Crippen molar-refractivity contribution >= 4 is 86.9 Å². The van der Waals surface area contributed by atoms with Gasteiger partial charge in [0.2, 0.25) is 0 Å². The molecule has 0 radical (unpaired) electrons. The van der Waals surface area contributed by atoms with Crippen molar-refractivity contribution in [2.24, 2.45) is 9.98 Å². The molecule has 0 fully saturated rings. The van der Waals surface area contributed by atoms with E-state index in [9.17, 15) is 0 Å². The Bertz CT molecular complexity index is 2990. The number of hydrogen-bond acceptors (Lipinski definition) is 5. The summed E-state index contributed by atoms with van der Waals surface area (Å²) in [5.41, 5.74) is 8.39. The molecule has 0 amide bonds. The monoisotopic (exact) mass is 672 g/mol. The highest BCUT2D eigenvalue weighted by atomic mass is 32.1. The Morgan fingerprint density at radius 1 is 0.549 bits per heavy atom. The first kappa shape index (κ1) is 28.3. The Kier molecular flexibility index (Phi) is 6.12. The number of furan rings is 1. The third-order valence-corrected chi connectivity index (χ3v) is 11.2. The number of nitrogens with zero attached hydrogens (tertiary/aromatic N) is 3. The van der Waals surface area contributed by atoms with Gasteiger partial charge in [-0.25, -0.2) is 9.98 Å². The van der Waals surface area contributed by atoms with E-state index >= 15 is 0 Å². The van der Waals surface area contributed by atoms with Crippen molar-refractivity contribution in [1.29, 1.82) is 0 Å². The molecule has 0 aliphatic carbocycles. The highest BCUT2D eigenvalue weighted by Gasteiger charge is 2.26. The van der Waals surface area contributed by atoms with Crippen molar-refractivity contribution in [3.63, 3.8) is 0 Å². The molecule has 7 aromatic carbocycles. The summed E-state index contributed by atoms with van der Waals surface area (Å²) in [5, 5.41) is 10.6. The first-order chi connectivity index (χ1) is 25.3. The second-order valence-corrected chi connectivity index (χ2v) is 14.0. The first-order valence-corrected chi connectivity index (χ1v) is 17.9. The average Bonchev–Trinajstić information content (AvgIpc) is 3.88. The van der Waals surface area contributed by atoms with Crippen molar-refractivity contribution in [3.05, 3.63) is 174 Å². The summed E-state index contributed by atoms with van der Waals surface area (Å²) < 4.78 is 11.6. The summed E-state index contributed by atoms with van der Waals surface area (Å²) in [4.78, 5) is 10.2. The van der Waals surface area contributed by atoms with Gasteiger partial charge in [-0.3, -0.25) is 0 Å². The summed E-state index contributed by atoms with van der Waals surface area (Å²) in [6.07, 6.45) is -0.393. The Balaban J connectivity index is 1.15. The predicted molar refractivity (Wildman–Crippen MR) is 213 cm³/mol. The molecule has 1 aliphatic heterocycles. The third kappa shape index (κ3) is 4.27. The maximum Gasteiger partial charge on any atom is 0.169 e. The summed E-state index contributed by atoms with van der Waals surface area (Å²) in [7, 11) is 0. The molecule has 1 aliphatic rings. The largest absolute Gasteiger partial charge is 0.455 e. The smallest absolute Gasteiger partial charge is 0.169 e. The molecule has 4 heterocycles. The van der Waals surface area contributed by atoms with Crippen LogP contribution in [0, 0.1) is 0 Å². The number of amidine groups is 2. The zero-order chi connectivity index (χ0) is 33.5. The second kappa shape index (κ2) is 11.0. The van der Waals surface area contributed by atoms with Crippen LogP contribution in [0.3, 0.4) is 0 Å². The fourth-order valence-electron chi connectivity index (χ4n) is 7.76. The van der Waals surface area contributed by atoms with Crippen LogP contribution >= 0.6 is 11.3 Å². The molecule has 10 aromatic rings. The number of rotatable bonds is 4. The number of aromatic nitrogens is 1. The number of benzene rings is 7. The minimum absolute atomic E-state index is 0.393. The summed E-state index contributed by atoms with van der Waals surface area (Å²) in [6, 6.07) is 55.2. The molecule has 0 saturated heterocycles. The molecule has 3 aromatic heterocycles. The lowest BCUT2D eigenvalue weighted by molar-refractivity contribution is 0.673. The quantitative estimate of drug-likeness (QED) is 0.202. The topological polar surface area (TPSA) is 54.8 Å². The normalized spacial score (nSPS) is 13.8. The number of para-hydroxylation sites is 2. The van der Waals surface area contributed by atoms with Crippen molar-refractivity contribution in [2.75, 3.05) is 0 Å². The van der Waals surface area contributed by atoms with Gasteiger partial charge in [0.1, 0.15) is 22.8 Å². The number of aliphatic imine (C=N–C) groups is 2. The maximum absolute atomic E-state index is 6.74. The van der Waals surface area contributed by atoms with E-state index in [1.165, 1.54) is 41.8 Å². The second-order valence-electron chi connectivity index (χ2n) is 13.0. The van der Waals surface area contributed by atoms with Crippen LogP contribution < -0.4 is 5.32 Å². The van der Waals surface area contributed by atoms with Gasteiger partial charge >= 0.3 is 0 Å². The van der Waals surface area contributed by atoms with Gasteiger partial charge in [-0.1, -0.05) is 127 Å². The van der Waals surface area contributed by atoms with E-state index in [0.29, 0.717) is 0 Å². The van der Waals surface area contributed by atoms with Crippen LogP contribution in [-0.2, 0) is 0 Å². The van der Waals surface area contributed by atoms with Gasteiger partial charge < -0.3 is 14.3 Å². The molecule has 240 valence electrons. The molecule has 0 unspecified atom stereocenters. The zero-order valence-electron chi connectivity index (χ0n) is 27.2. The molecule has 6 heteroatoms.